The molecule has 1 aliphatic rings. The number of nitro benzene ring substituents is 1. The normalized spacial score (nSPS) is 21.4. The van der Waals surface area contributed by atoms with Gasteiger partial charge in [0.15, 0.2) is 5.75 Å². The van der Waals surface area contributed by atoms with Gasteiger partial charge in [-0.25, -0.2) is 4.98 Å². The smallest absolute Gasteiger partial charge is 0.311 e. The van der Waals surface area contributed by atoms with Crippen LogP contribution in [0, 0.1) is 10.1 Å². The number of hydrogen-bond donors (Lipinski definition) is 2. The number of H-pyrrole nitrogens is 1. The minimum absolute atomic E-state index is 0.0838. The number of nitrogens with one attached hydrogen (secondary N) is 1. The molecular formula is C12H12N4O4. The second kappa shape index (κ2) is 4.57. The highest BCUT2D eigenvalue weighted by molar-refractivity contribution is 5.82. The molecule has 0 bridgehead atoms. The maximum atomic E-state index is 11.6. The number of nitrogens with two attached hydrogens (primary N) is 1. The lowest BCUT2D eigenvalue weighted by molar-refractivity contribution is -0.386. The largest absolute Gasteiger partial charge is 0.483 e. The lowest BCUT2D eigenvalue weighted by atomic mass is 9.90. The molecule has 8 heteroatoms. The van der Waals surface area contributed by atoms with Crippen LogP contribution in [0.3, 0.4) is 0 Å². The molecule has 0 saturated heterocycles. The molecule has 2 aromatic rings. The van der Waals surface area contributed by atoms with Gasteiger partial charge in [0.2, 0.25) is 0 Å². The van der Waals surface area contributed by atoms with E-state index < -0.39 is 10.5 Å². The zero-order chi connectivity index (χ0) is 14.3. The summed E-state index contributed by atoms with van der Waals surface area (Å²) >= 11 is 0. The van der Waals surface area contributed by atoms with E-state index in [9.17, 15) is 14.9 Å². The summed E-state index contributed by atoms with van der Waals surface area (Å²) in [6, 6.07) is 2.70. The molecule has 0 radical (unpaired) electrons. The van der Waals surface area contributed by atoms with E-state index in [4.69, 9.17) is 10.5 Å². The molecule has 3 rings (SSSR count). The minimum Gasteiger partial charge on any atom is -0.483 e. The standard InChI is InChI=1S/C12H12N4O4/c13-6-1-7(2-6)20-11-4-9-8(3-10(11)16(18)19)12(17)15-5-14-9/h3-7H,1-2,13H2,(H,14,15,17). The van der Waals surface area contributed by atoms with Gasteiger partial charge in [0.05, 0.1) is 22.2 Å². The van der Waals surface area contributed by atoms with Crippen LogP contribution < -0.4 is 16.0 Å². The Hall–Kier alpha value is -2.48. The predicted octanol–water partition coefficient (Wildman–Crippen LogP) is 0.700. The first-order valence-electron chi connectivity index (χ1n) is 6.12. The monoisotopic (exact) mass is 276 g/mol. The number of hydrogen-bond acceptors (Lipinski definition) is 6. The predicted molar refractivity (Wildman–Crippen MR) is 70.6 cm³/mol. The maximum absolute atomic E-state index is 11.6. The zero-order valence-corrected chi connectivity index (χ0v) is 10.4. The maximum Gasteiger partial charge on any atom is 0.311 e. The van der Waals surface area contributed by atoms with Crippen molar-refractivity contribution in [1.29, 1.82) is 0 Å². The van der Waals surface area contributed by atoms with Gasteiger partial charge >= 0.3 is 5.69 Å². The van der Waals surface area contributed by atoms with Crippen molar-refractivity contribution >= 4 is 16.6 Å². The quantitative estimate of drug-likeness (QED) is 0.628. The van der Waals surface area contributed by atoms with E-state index in [1.807, 2.05) is 0 Å². The zero-order valence-electron chi connectivity index (χ0n) is 10.4. The van der Waals surface area contributed by atoms with Crippen molar-refractivity contribution in [1.82, 2.24) is 9.97 Å². The summed E-state index contributed by atoms with van der Waals surface area (Å²) in [6.45, 7) is 0. The van der Waals surface area contributed by atoms with Gasteiger partial charge < -0.3 is 15.5 Å². The molecule has 1 heterocycles. The highest BCUT2D eigenvalue weighted by Crippen LogP contribution is 2.34. The van der Waals surface area contributed by atoms with Gasteiger partial charge in [-0.2, -0.15) is 0 Å². The highest BCUT2D eigenvalue weighted by Gasteiger charge is 2.30. The molecule has 3 N–H and O–H groups in total. The molecule has 1 aromatic carbocycles. The number of rotatable bonds is 3. The van der Waals surface area contributed by atoms with Gasteiger partial charge in [-0.1, -0.05) is 0 Å². The third-order valence-electron chi connectivity index (χ3n) is 3.34. The van der Waals surface area contributed by atoms with Crippen LogP contribution in [0.2, 0.25) is 0 Å². The first-order valence-corrected chi connectivity index (χ1v) is 6.12. The van der Waals surface area contributed by atoms with E-state index >= 15 is 0 Å². The van der Waals surface area contributed by atoms with Crippen LogP contribution in [0.25, 0.3) is 10.9 Å². The fraction of sp³-hybridized carbons (Fsp3) is 0.333. The van der Waals surface area contributed by atoms with Gasteiger partial charge in [0.25, 0.3) is 5.56 Å². The van der Waals surface area contributed by atoms with Crippen LogP contribution in [-0.4, -0.2) is 27.0 Å². The topological polar surface area (TPSA) is 124 Å². The molecule has 0 aliphatic heterocycles. The van der Waals surface area contributed by atoms with Crippen LogP contribution in [0.1, 0.15) is 12.8 Å². The van der Waals surface area contributed by atoms with Crippen molar-refractivity contribution in [2.75, 3.05) is 0 Å². The van der Waals surface area contributed by atoms with Crippen LogP contribution in [0.15, 0.2) is 23.3 Å². The summed E-state index contributed by atoms with van der Waals surface area (Å²) in [5.41, 5.74) is 5.36. The minimum atomic E-state index is -0.570. The Morgan fingerprint density at radius 3 is 2.85 bits per heavy atom. The Morgan fingerprint density at radius 2 is 2.20 bits per heavy atom. The van der Waals surface area contributed by atoms with Gasteiger partial charge in [0.1, 0.15) is 6.10 Å². The lowest BCUT2D eigenvalue weighted by Gasteiger charge is -2.32. The Balaban J connectivity index is 2.07. The molecule has 0 unspecified atom stereocenters. The fourth-order valence-electron chi connectivity index (χ4n) is 2.20. The third-order valence-corrected chi connectivity index (χ3v) is 3.34. The Kier molecular flexibility index (Phi) is 2.87. The number of fused-ring (bicyclic) bond motifs is 1. The van der Waals surface area contributed by atoms with E-state index in [0.29, 0.717) is 18.4 Å². The summed E-state index contributed by atoms with van der Waals surface area (Å²) < 4.78 is 5.59. The summed E-state index contributed by atoms with van der Waals surface area (Å²) in [5.74, 6) is 0.123. The number of aromatic nitrogens is 2. The third kappa shape index (κ3) is 2.10. The van der Waals surface area contributed by atoms with Gasteiger partial charge in [0, 0.05) is 18.2 Å². The summed E-state index contributed by atoms with van der Waals surface area (Å²) in [4.78, 5) is 28.5. The second-order valence-electron chi connectivity index (χ2n) is 4.80. The van der Waals surface area contributed by atoms with E-state index in [1.165, 1.54) is 18.5 Å². The van der Waals surface area contributed by atoms with Crippen LogP contribution in [0.5, 0.6) is 5.75 Å². The lowest BCUT2D eigenvalue weighted by Crippen LogP contribution is -2.43. The molecule has 8 nitrogen and oxygen atoms in total. The molecule has 104 valence electrons. The van der Waals surface area contributed by atoms with E-state index in [2.05, 4.69) is 9.97 Å². The number of benzene rings is 1. The molecule has 1 aromatic heterocycles. The number of nitro groups is 1. The molecular weight excluding hydrogens is 264 g/mol. The van der Waals surface area contributed by atoms with E-state index in [1.54, 1.807) is 0 Å². The Bertz CT molecular complexity index is 736. The molecule has 1 aliphatic carbocycles. The fourth-order valence-corrected chi connectivity index (χ4v) is 2.20. The molecule has 0 atom stereocenters. The van der Waals surface area contributed by atoms with Crippen molar-refractivity contribution in [2.24, 2.45) is 5.73 Å². The van der Waals surface area contributed by atoms with E-state index in [-0.39, 0.29) is 29.0 Å². The van der Waals surface area contributed by atoms with Crippen LogP contribution in [-0.2, 0) is 0 Å². The van der Waals surface area contributed by atoms with Crippen molar-refractivity contribution in [3.63, 3.8) is 0 Å². The first-order chi connectivity index (χ1) is 9.54. The number of ether oxygens (including phenoxy) is 1. The van der Waals surface area contributed by atoms with Crippen molar-refractivity contribution in [2.45, 2.75) is 25.0 Å². The van der Waals surface area contributed by atoms with Crippen molar-refractivity contribution < 1.29 is 9.66 Å². The molecule has 1 saturated carbocycles. The second-order valence-corrected chi connectivity index (χ2v) is 4.80. The summed E-state index contributed by atoms with van der Waals surface area (Å²) in [7, 11) is 0. The van der Waals surface area contributed by atoms with Gasteiger partial charge in [-0.05, 0) is 12.8 Å². The molecule has 0 spiro atoms. The highest BCUT2D eigenvalue weighted by atomic mass is 16.6. The number of aromatic amines is 1. The SMILES string of the molecule is NC1CC(Oc2cc3nc[nH]c(=O)c3cc2[N+](=O)[O-])C1. The summed E-state index contributed by atoms with van der Waals surface area (Å²) in [6.07, 6.45) is 2.46. The Morgan fingerprint density at radius 1 is 1.45 bits per heavy atom. The molecule has 0 amide bonds. The van der Waals surface area contributed by atoms with Gasteiger partial charge in [-0.3, -0.25) is 14.9 Å². The van der Waals surface area contributed by atoms with Crippen molar-refractivity contribution in [3.8, 4) is 5.75 Å². The van der Waals surface area contributed by atoms with Crippen molar-refractivity contribution in [3.05, 3.63) is 38.9 Å². The van der Waals surface area contributed by atoms with Crippen LogP contribution >= 0.6 is 0 Å². The Labute approximate surface area is 112 Å². The molecule has 1 fully saturated rings. The van der Waals surface area contributed by atoms with Gasteiger partial charge in [-0.15, -0.1) is 0 Å². The average molecular weight is 276 g/mol. The average Bonchev–Trinajstić information content (AvgIpc) is 2.36. The van der Waals surface area contributed by atoms with E-state index in [0.717, 1.165) is 0 Å². The number of nitrogens with zero attached hydrogens (tertiary/aromatic N) is 2. The molecule has 20 heavy (non-hydrogen) atoms. The van der Waals surface area contributed by atoms with Crippen LogP contribution in [0.4, 0.5) is 5.69 Å². The first kappa shape index (κ1) is 12.5. The summed E-state index contributed by atoms with van der Waals surface area (Å²) in [5, 5.41) is 11.3.